The summed E-state index contributed by atoms with van der Waals surface area (Å²) >= 11 is 0. The molecule has 9 nitrogen and oxygen atoms in total. The van der Waals surface area contributed by atoms with Crippen LogP contribution in [-0.2, 0) is 9.53 Å². The molecule has 0 saturated heterocycles. The van der Waals surface area contributed by atoms with Gasteiger partial charge in [0.05, 0.1) is 24.0 Å². The molecular formula is C18H17N5O4. The van der Waals surface area contributed by atoms with E-state index in [1.54, 1.807) is 48.5 Å². The Morgan fingerprint density at radius 2 is 1.85 bits per heavy atom. The second-order valence-electron chi connectivity index (χ2n) is 5.54. The number of carbonyl (C=O) groups excluding carboxylic acids is 2. The van der Waals surface area contributed by atoms with Crippen molar-refractivity contribution in [3.63, 3.8) is 0 Å². The Morgan fingerprint density at radius 3 is 2.52 bits per heavy atom. The highest BCUT2D eigenvalue weighted by Crippen LogP contribution is 2.23. The molecule has 138 valence electrons. The molecule has 0 aliphatic carbocycles. The van der Waals surface area contributed by atoms with E-state index in [0.29, 0.717) is 22.7 Å². The lowest BCUT2D eigenvalue weighted by Gasteiger charge is -2.15. The van der Waals surface area contributed by atoms with Crippen molar-refractivity contribution in [2.75, 3.05) is 12.4 Å². The van der Waals surface area contributed by atoms with Crippen molar-refractivity contribution >= 4 is 17.6 Å². The fraction of sp³-hybridized carbons (Fsp3) is 0.167. The number of nitrogens with one attached hydrogen (secondary N) is 1. The molecule has 0 spiro atoms. The molecule has 1 atom stereocenters. The third-order valence-corrected chi connectivity index (χ3v) is 3.73. The summed E-state index contributed by atoms with van der Waals surface area (Å²) in [5.74, 6) is -0.554. The standard InChI is InChI=1S/C18H17N5O4/c1-12(17(24)20-15-5-3-4-6-16(15)26-2)27-18(25)13-7-9-14(10-8-13)23-11-19-21-22-23/h3-12H,1-2H3,(H,20,24)/t12-/m1/s1. The van der Waals surface area contributed by atoms with Crippen molar-refractivity contribution in [3.8, 4) is 11.4 Å². The van der Waals surface area contributed by atoms with Gasteiger partial charge in [0.25, 0.3) is 5.91 Å². The number of methoxy groups -OCH3 is 1. The van der Waals surface area contributed by atoms with Gasteiger partial charge in [0.1, 0.15) is 12.1 Å². The lowest BCUT2D eigenvalue weighted by atomic mass is 10.2. The van der Waals surface area contributed by atoms with Crippen molar-refractivity contribution in [1.29, 1.82) is 0 Å². The predicted octanol–water partition coefficient (Wildman–Crippen LogP) is 1.85. The molecule has 0 aliphatic heterocycles. The topological polar surface area (TPSA) is 108 Å². The first kappa shape index (κ1) is 18.1. The first-order chi connectivity index (χ1) is 13.1. The molecule has 1 heterocycles. The van der Waals surface area contributed by atoms with E-state index in [1.807, 2.05) is 0 Å². The van der Waals surface area contributed by atoms with E-state index in [4.69, 9.17) is 9.47 Å². The first-order valence-corrected chi connectivity index (χ1v) is 8.07. The maximum atomic E-state index is 12.3. The summed E-state index contributed by atoms with van der Waals surface area (Å²) in [5.41, 5.74) is 1.50. The molecule has 2 aromatic carbocycles. The van der Waals surface area contributed by atoms with Crippen LogP contribution in [-0.4, -0.2) is 45.3 Å². The summed E-state index contributed by atoms with van der Waals surface area (Å²) in [6.45, 7) is 1.50. The zero-order valence-corrected chi connectivity index (χ0v) is 14.7. The van der Waals surface area contributed by atoms with E-state index in [-0.39, 0.29) is 0 Å². The highest BCUT2D eigenvalue weighted by Gasteiger charge is 2.20. The van der Waals surface area contributed by atoms with E-state index >= 15 is 0 Å². The van der Waals surface area contributed by atoms with E-state index in [0.717, 1.165) is 0 Å². The molecule has 27 heavy (non-hydrogen) atoms. The number of carbonyl (C=O) groups is 2. The van der Waals surface area contributed by atoms with Crippen LogP contribution in [0.5, 0.6) is 5.75 Å². The molecule has 0 radical (unpaired) electrons. The van der Waals surface area contributed by atoms with Crippen LogP contribution in [0, 0.1) is 0 Å². The van der Waals surface area contributed by atoms with Crippen molar-refractivity contribution in [3.05, 3.63) is 60.4 Å². The van der Waals surface area contributed by atoms with Gasteiger partial charge >= 0.3 is 5.97 Å². The smallest absolute Gasteiger partial charge is 0.338 e. The summed E-state index contributed by atoms with van der Waals surface area (Å²) in [6.07, 6.45) is 0.457. The van der Waals surface area contributed by atoms with E-state index in [9.17, 15) is 9.59 Å². The van der Waals surface area contributed by atoms with Crippen molar-refractivity contribution in [2.45, 2.75) is 13.0 Å². The third-order valence-electron chi connectivity index (χ3n) is 3.73. The van der Waals surface area contributed by atoms with Gasteiger partial charge in [-0.1, -0.05) is 12.1 Å². The van der Waals surface area contributed by atoms with Gasteiger partial charge in [0.15, 0.2) is 6.10 Å². The Hall–Kier alpha value is -3.75. The lowest BCUT2D eigenvalue weighted by Crippen LogP contribution is -2.30. The minimum absolute atomic E-state index is 0.309. The number of tetrazole rings is 1. The minimum atomic E-state index is -0.985. The number of hydrogen-bond donors (Lipinski definition) is 1. The normalized spacial score (nSPS) is 11.5. The first-order valence-electron chi connectivity index (χ1n) is 8.07. The zero-order valence-electron chi connectivity index (χ0n) is 14.7. The van der Waals surface area contributed by atoms with Gasteiger partial charge in [-0.15, -0.1) is 5.10 Å². The molecule has 0 unspecified atom stereocenters. The number of ether oxygens (including phenoxy) is 2. The third kappa shape index (κ3) is 4.27. The predicted molar refractivity (Wildman–Crippen MR) is 95.7 cm³/mol. The number of hydrogen-bond acceptors (Lipinski definition) is 7. The lowest BCUT2D eigenvalue weighted by molar-refractivity contribution is -0.123. The van der Waals surface area contributed by atoms with E-state index in [1.165, 1.54) is 25.0 Å². The molecule has 3 rings (SSSR count). The van der Waals surface area contributed by atoms with Gasteiger partial charge < -0.3 is 14.8 Å². The number of rotatable bonds is 6. The molecule has 9 heteroatoms. The molecule has 0 saturated carbocycles. The van der Waals surface area contributed by atoms with Crippen molar-refractivity contribution in [1.82, 2.24) is 20.2 Å². The average molecular weight is 367 g/mol. The number of amides is 1. The fourth-order valence-electron chi connectivity index (χ4n) is 2.29. The van der Waals surface area contributed by atoms with Crippen LogP contribution in [0.2, 0.25) is 0 Å². The van der Waals surface area contributed by atoms with Crippen LogP contribution >= 0.6 is 0 Å². The summed E-state index contributed by atoms with van der Waals surface area (Å²) < 4.78 is 11.9. The number of aromatic nitrogens is 4. The molecular weight excluding hydrogens is 350 g/mol. The highest BCUT2D eigenvalue weighted by atomic mass is 16.5. The van der Waals surface area contributed by atoms with E-state index < -0.39 is 18.0 Å². The molecule has 1 aromatic heterocycles. The SMILES string of the molecule is COc1ccccc1NC(=O)[C@@H](C)OC(=O)c1ccc(-n2cnnn2)cc1. The van der Waals surface area contributed by atoms with Crippen molar-refractivity contribution in [2.24, 2.45) is 0 Å². The van der Waals surface area contributed by atoms with Crippen LogP contribution in [0.4, 0.5) is 5.69 Å². The average Bonchev–Trinajstić information content (AvgIpc) is 3.23. The number of anilines is 1. The van der Waals surface area contributed by atoms with E-state index in [2.05, 4.69) is 20.8 Å². The maximum Gasteiger partial charge on any atom is 0.338 e. The monoisotopic (exact) mass is 367 g/mol. The van der Waals surface area contributed by atoms with Gasteiger partial charge in [-0.25, -0.2) is 9.48 Å². The van der Waals surface area contributed by atoms with Crippen LogP contribution in [0.3, 0.4) is 0 Å². The zero-order chi connectivity index (χ0) is 19.2. The molecule has 3 aromatic rings. The Balaban J connectivity index is 1.62. The molecule has 1 N–H and O–H groups in total. The molecule has 1 amide bonds. The van der Waals surface area contributed by atoms with Gasteiger partial charge in [-0.2, -0.15) is 0 Å². The maximum absolute atomic E-state index is 12.3. The van der Waals surface area contributed by atoms with Crippen LogP contribution < -0.4 is 10.1 Å². The van der Waals surface area contributed by atoms with Gasteiger partial charge in [0.2, 0.25) is 0 Å². The molecule has 0 aliphatic rings. The second-order valence-corrected chi connectivity index (χ2v) is 5.54. The Morgan fingerprint density at radius 1 is 1.11 bits per heavy atom. The van der Waals surface area contributed by atoms with Crippen LogP contribution in [0.25, 0.3) is 5.69 Å². The second kappa shape index (κ2) is 8.09. The quantitative estimate of drug-likeness (QED) is 0.662. The summed E-state index contributed by atoms with van der Waals surface area (Å²) in [7, 11) is 1.51. The minimum Gasteiger partial charge on any atom is -0.495 e. The fourth-order valence-corrected chi connectivity index (χ4v) is 2.29. The molecule has 0 fully saturated rings. The summed E-state index contributed by atoms with van der Waals surface area (Å²) in [5, 5.41) is 13.5. The Bertz CT molecular complexity index is 925. The largest absolute Gasteiger partial charge is 0.495 e. The number of esters is 1. The van der Waals surface area contributed by atoms with Crippen LogP contribution in [0.1, 0.15) is 17.3 Å². The molecule has 0 bridgehead atoms. The van der Waals surface area contributed by atoms with Gasteiger partial charge in [-0.05, 0) is 53.7 Å². The van der Waals surface area contributed by atoms with Crippen molar-refractivity contribution < 1.29 is 19.1 Å². The highest BCUT2D eigenvalue weighted by molar-refractivity contribution is 5.98. The van der Waals surface area contributed by atoms with Gasteiger partial charge in [0, 0.05) is 0 Å². The number of nitrogens with zero attached hydrogens (tertiary/aromatic N) is 4. The summed E-state index contributed by atoms with van der Waals surface area (Å²) in [4.78, 5) is 24.5. The number of para-hydroxylation sites is 2. The number of benzene rings is 2. The summed E-state index contributed by atoms with van der Waals surface area (Å²) in [6, 6.07) is 13.5. The van der Waals surface area contributed by atoms with Crippen LogP contribution in [0.15, 0.2) is 54.9 Å². The van der Waals surface area contributed by atoms with Gasteiger partial charge in [-0.3, -0.25) is 4.79 Å². The Kier molecular flexibility index (Phi) is 5.41. The Labute approximate surface area is 154 Å².